The molecular weight excluding hydrogens is 1450 g/mol. The van der Waals surface area contributed by atoms with Gasteiger partial charge in [0.2, 0.25) is 35.4 Å². The van der Waals surface area contributed by atoms with Gasteiger partial charge < -0.3 is 79.2 Å². The van der Waals surface area contributed by atoms with Gasteiger partial charge in [-0.1, -0.05) is 70.0 Å². The number of carbonyl (C=O) groups is 10. The van der Waals surface area contributed by atoms with Crippen molar-refractivity contribution in [2.24, 2.45) is 11.7 Å². The minimum absolute atomic E-state index is 0.0130. The first-order valence-electron chi connectivity index (χ1n) is 36.2. The molecule has 4 bridgehead atoms. The Morgan fingerprint density at radius 2 is 1.45 bits per heavy atom. The van der Waals surface area contributed by atoms with Crippen LogP contribution < -0.4 is 36.6 Å². The molecule has 1 aromatic heterocycles. The number of aliphatic hydroxyl groups is 1. The number of ketones is 2. The van der Waals surface area contributed by atoms with Crippen molar-refractivity contribution in [3.8, 4) is 5.75 Å². The van der Waals surface area contributed by atoms with Gasteiger partial charge in [0.15, 0.2) is 17.3 Å². The lowest BCUT2D eigenvalue weighted by Gasteiger charge is -2.42. The maximum Gasteiger partial charge on any atom is 0.409 e. The number of methoxy groups -OCH3 is 2. The van der Waals surface area contributed by atoms with Crippen LogP contribution >= 0.6 is 35.1 Å². The fourth-order valence-electron chi connectivity index (χ4n) is 11.9. The average Bonchev–Trinajstić information content (AvgIpc) is 1.57. The lowest BCUT2D eigenvalue weighted by molar-refractivity contribution is -0.162. The molecule has 7 amide bonds. The van der Waals surface area contributed by atoms with Crippen LogP contribution in [0.4, 0.5) is 10.5 Å². The van der Waals surface area contributed by atoms with Gasteiger partial charge in [-0.15, -0.1) is 0 Å². The number of carbonyl (C=O) groups excluding carboxylic acids is 10. The summed E-state index contributed by atoms with van der Waals surface area (Å²) in [4.78, 5) is 145. The van der Waals surface area contributed by atoms with Crippen LogP contribution in [0.25, 0.3) is 11.0 Å². The first-order valence-corrected chi connectivity index (χ1v) is 38.6. The number of amides is 7. The van der Waals surface area contributed by atoms with Gasteiger partial charge in [-0.2, -0.15) is 23.5 Å². The molecule has 3 aliphatic heterocycles. The van der Waals surface area contributed by atoms with Crippen LogP contribution in [-0.2, 0) is 94.2 Å². The van der Waals surface area contributed by atoms with E-state index in [9.17, 15) is 53.1 Å². The van der Waals surface area contributed by atoms with E-state index >= 15 is 0 Å². The van der Waals surface area contributed by atoms with Gasteiger partial charge in [0.1, 0.15) is 46.8 Å². The van der Waals surface area contributed by atoms with E-state index in [-0.39, 0.29) is 75.8 Å². The summed E-state index contributed by atoms with van der Waals surface area (Å²) in [6.45, 7) is 18.3. The third-order valence-electron chi connectivity index (χ3n) is 18.5. The number of aromatic nitrogens is 2. The minimum Gasteiger partial charge on any atom is -0.495 e. The summed E-state index contributed by atoms with van der Waals surface area (Å²) >= 11 is 10.5. The second kappa shape index (κ2) is 43.2. The first-order chi connectivity index (χ1) is 50.8. The van der Waals surface area contributed by atoms with E-state index in [1.54, 1.807) is 38.1 Å². The number of hydrogen-bond acceptors (Lipinski definition) is 24. The van der Waals surface area contributed by atoms with Crippen molar-refractivity contribution in [3.05, 3.63) is 81.7 Å². The number of ether oxygens (including phenoxy) is 9. The minimum atomic E-state index is -1.91. The molecule has 2 saturated heterocycles. The van der Waals surface area contributed by atoms with E-state index in [1.165, 1.54) is 52.0 Å². The predicted molar refractivity (Wildman–Crippen MR) is 405 cm³/mol. The maximum absolute atomic E-state index is 14.4. The number of unbranched alkanes of at least 4 members (excludes halogenated alkanes) is 1. The number of allylic oxidation sites excluding steroid dienone is 3. The van der Waals surface area contributed by atoms with Gasteiger partial charge in [0, 0.05) is 82.9 Å². The lowest BCUT2D eigenvalue weighted by Crippen LogP contribution is -2.63. The number of rotatable bonds is 41. The zero-order valence-corrected chi connectivity index (χ0v) is 66.1. The third-order valence-corrected chi connectivity index (χ3v) is 21.1. The lowest BCUT2D eigenvalue weighted by atomic mass is 9.83. The number of halogens is 1. The Kier molecular flexibility index (Phi) is 35.7. The molecule has 7 N–H and O–H groups in total. The zero-order valence-electron chi connectivity index (χ0n) is 63.7. The highest BCUT2D eigenvalue weighted by molar-refractivity contribution is 7.99. The predicted octanol–water partition coefficient (Wildman–Crippen LogP) is 6.97. The van der Waals surface area contributed by atoms with Gasteiger partial charge in [-0.05, 0) is 99.8 Å². The van der Waals surface area contributed by atoms with Crippen LogP contribution in [0.3, 0.4) is 0 Å². The molecule has 3 aromatic rings. The Balaban J connectivity index is 0.854. The van der Waals surface area contributed by atoms with Gasteiger partial charge in [0.25, 0.3) is 0 Å². The van der Waals surface area contributed by atoms with Crippen molar-refractivity contribution in [2.75, 3.05) is 92.6 Å². The molecule has 592 valence electrons. The Hall–Kier alpha value is -7.33. The summed E-state index contributed by atoms with van der Waals surface area (Å²) < 4.78 is 51.7. The Morgan fingerprint density at radius 3 is 2.07 bits per heavy atom. The summed E-state index contributed by atoms with van der Waals surface area (Å²) in [5.41, 5.74) is 8.12. The monoisotopic (exact) mass is 1550 g/mol. The molecular formula is C75H108ClN9O20S2. The fourth-order valence-corrected chi connectivity index (χ4v) is 13.6. The van der Waals surface area contributed by atoms with E-state index in [0.717, 1.165) is 45.1 Å². The molecule has 4 heterocycles. The average molecular weight is 1560 g/mol. The number of alkyl carbamates (subject to hydrolysis) is 1. The van der Waals surface area contributed by atoms with Gasteiger partial charge >= 0.3 is 12.1 Å². The molecule has 2 aromatic carbocycles. The van der Waals surface area contributed by atoms with Crippen LogP contribution in [0.15, 0.2) is 54.1 Å². The van der Waals surface area contributed by atoms with Crippen LogP contribution in [0.2, 0.25) is 5.02 Å². The largest absolute Gasteiger partial charge is 0.495 e. The van der Waals surface area contributed by atoms with Crippen LogP contribution in [0.1, 0.15) is 154 Å². The van der Waals surface area contributed by atoms with Gasteiger partial charge in [-0.25, -0.2) is 19.6 Å². The number of hydrogen-bond donors (Lipinski definition) is 6. The molecule has 0 unspecified atom stereocenters. The number of benzene rings is 2. The summed E-state index contributed by atoms with van der Waals surface area (Å²) in [6, 6.07) is 5.26. The molecule has 6 rings (SSSR count). The standard InChI is InChI=1S/C75H108ClN9O20S2/c1-44(2)106-42-55-56(43-107-45(3)4)81-53-37-51(23-24-52(53)80-55)58(86)19-17-26-99-28-30-101-32-33-102-31-29-100-27-25-66(90)82-54(38-64(77)88)71(93)79-48(7)59(87)41-78-65(89)21-14-15-22-67(91)84(10)49(8)72(94)104-63-39-68(92)85(11)57-35-50(36-60(97-12)69(57)76)34-46(5)18-16-20-62(98-13)75(96)40-61(103-73(95)83-75)47(6)70-74(63,9)105-70/h16,18,20,23-24,35-37,44-45,47-49,54,61-63,70,96H,14-15,17,19,21-22,25-34,38-43H2,1-13H3,(H2,77,88)(H,78,89)(H,79,93)(H,82,90)(H,83,95)/b20-16+,46-18+/t47-,48+,49+,54+,61+,62-,63+,70+,74+,75+/m1/s1. The number of nitrogens with zero attached hydrogens (tertiary/aromatic N) is 4. The number of fused-ring (bicyclic) bond motifs is 6. The van der Waals surface area contributed by atoms with Crippen molar-refractivity contribution < 1.29 is 95.7 Å². The van der Waals surface area contributed by atoms with Crippen LogP contribution in [-0.4, -0.2) is 231 Å². The quantitative estimate of drug-likeness (QED) is 0.0144. The van der Waals surface area contributed by atoms with Crippen LogP contribution in [0.5, 0.6) is 5.75 Å². The Labute approximate surface area is 640 Å². The SMILES string of the molecule is COc1cc2cc(c1Cl)N(C)C(=O)C[C@H](OC(=O)[C@H](C)N(C)C(=O)CCCCC(=O)NCC(=O)[C@H](C)NC(=O)[C@H](CC(N)=O)NC(=O)CCOCCOCCOCCOCCCC(=O)c1ccc3nc(CSC(C)C)c(CSC(C)C)nc3c1)[C@]1(C)O[C@H]1[C@H](C)[C@@H]1C[C@@](O)(NC(=O)O1)[C@H](OC)/C=C/C=C(\C)C2. The van der Waals surface area contributed by atoms with Crippen LogP contribution in [0, 0.1) is 5.92 Å². The molecule has 3 aliphatic rings. The van der Waals surface area contributed by atoms with Crippen molar-refractivity contribution >= 4 is 111 Å². The molecule has 10 atom stereocenters. The van der Waals surface area contributed by atoms with Crippen molar-refractivity contribution in [1.29, 1.82) is 0 Å². The van der Waals surface area contributed by atoms with Crippen molar-refractivity contribution in [1.82, 2.24) is 36.1 Å². The summed E-state index contributed by atoms with van der Waals surface area (Å²) in [5.74, 6) is -4.11. The summed E-state index contributed by atoms with van der Waals surface area (Å²) in [7, 11) is 5.79. The highest BCUT2D eigenvalue weighted by Gasteiger charge is 2.64. The Morgan fingerprint density at radius 1 is 0.822 bits per heavy atom. The number of likely N-dealkylation sites (N-methyl/N-ethyl adjacent to an activating group) is 1. The van der Waals surface area contributed by atoms with Crippen molar-refractivity contribution in [2.45, 2.75) is 209 Å². The van der Waals surface area contributed by atoms with E-state index in [1.807, 2.05) is 54.7 Å². The maximum atomic E-state index is 14.4. The first kappa shape index (κ1) is 88.6. The van der Waals surface area contributed by atoms with Crippen molar-refractivity contribution in [3.63, 3.8) is 0 Å². The normalized spacial score (nSPS) is 21.9. The molecule has 2 fully saturated rings. The number of Topliss-reactive ketones (excluding diaryl/α,β-unsaturated/α-hetero) is 2. The fraction of sp³-hybridized carbons (Fsp3) is 0.627. The second-order valence-corrected chi connectivity index (χ2v) is 31.1. The second-order valence-electron chi connectivity index (χ2n) is 27.6. The highest BCUT2D eigenvalue weighted by Crippen LogP contribution is 2.49. The van der Waals surface area contributed by atoms with E-state index < -0.39 is 132 Å². The molecule has 0 spiro atoms. The number of nitrogens with two attached hydrogens (primary N) is 1. The molecule has 0 radical (unpaired) electrons. The summed E-state index contributed by atoms with van der Waals surface area (Å²) in [5, 5.41) is 22.9. The Bertz CT molecular complexity index is 3640. The zero-order chi connectivity index (χ0) is 78.7. The number of nitrogens with one attached hydrogen (secondary N) is 4. The molecule has 0 aliphatic carbocycles. The number of primary amides is 1. The number of esters is 1. The van der Waals surface area contributed by atoms with E-state index in [2.05, 4.69) is 49.0 Å². The molecule has 29 nitrogen and oxygen atoms in total. The number of epoxide rings is 1. The molecule has 32 heteroatoms. The van der Waals surface area contributed by atoms with Gasteiger partial charge in [0.05, 0.1) is 113 Å². The van der Waals surface area contributed by atoms with Gasteiger partial charge in [-0.3, -0.25) is 43.7 Å². The van der Waals surface area contributed by atoms with E-state index in [0.29, 0.717) is 73.2 Å². The topological polar surface area (TPSA) is 384 Å². The third kappa shape index (κ3) is 27.6. The van der Waals surface area contributed by atoms with E-state index in [4.69, 9.17) is 69.9 Å². The number of thioether (sulfide) groups is 2. The number of anilines is 1. The highest BCUT2D eigenvalue weighted by atomic mass is 35.5. The molecule has 107 heavy (non-hydrogen) atoms. The molecule has 0 saturated carbocycles. The summed E-state index contributed by atoms with van der Waals surface area (Å²) in [6.07, 6.45) is 0.467. The smallest absolute Gasteiger partial charge is 0.409 e.